The van der Waals surface area contributed by atoms with Crippen LogP contribution in [0.25, 0.3) is 0 Å². The number of hydrogen-bond acceptors (Lipinski definition) is 13. The summed E-state index contributed by atoms with van der Waals surface area (Å²) >= 11 is 2.44. The Kier molecular flexibility index (Phi) is 24.1. The second kappa shape index (κ2) is 28.3. The fourth-order valence-electron chi connectivity index (χ4n) is 6.79. The van der Waals surface area contributed by atoms with E-state index in [1.165, 1.54) is 23.6 Å². The molecule has 0 aliphatic carbocycles. The number of fused-ring (bicyclic) bond motifs is 1. The van der Waals surface area contributed by atoms with E-state index in [2.05, 4.69) is 47.2 Å². The van der Waals surface area contributed by atoms with Gasteiger partial charge in [-0.1, -0.05) is 13.8 Å². The second-order valence-electron chi connectivity index (χ2n) is 15.8. The number of amides is 9. The van der Waals surface area contributed by atoms with Gasteiger partial charge in [-0.2, -0.15) is 23.5 Å². The van der Waals surface area contributed by atoms with Gasteiger partial charge >= 0.3 is 0 Å². The van der Waals surface area contributed by atoms with Gasteiger partial charge in [0.05, 0.1) is 6.54 Å². The molecule has 26 heteroatoms. The number of primary amides is 1. The number of carbonyl (C=O) groups is 9. The van der Waals surface area contributed by atoms with E-state index in [1.807, 2.05) is 20.1 Å². The van der Waals surface area contributed by atoms with Gasteiger partial charge in [-0.15, -0.1) is 0 Å². The van der Waals surface area contributed by atoms with Gasteiger partial charge in [0.15, 0.2) is 11.9 Å². The van der Waals surface area contributed by atoms with Gasteiger partial charge in [0.25, 0.3) is 0 Å². The van der Waals surface area contributed by atoms with Crippen molar-refractivity contribution < 1.29 is 43.2 Å². The first kappa shape index (κ1) is 54.6. The van der Waals surface area contributed by atoms with E-state index in [0.717, 1.165) is 11.8 Å². The maximum atomic E-state index is 14.2. The van der Waals surface area contributed by atoms with Crippen LogP contribution >= 0.6 is 23.5 Å². The third-order valence-electron chi connectivity index (χ3n) is 9.93. The van der Waals surface area contributed by atoms with Crippen LogP contribution in [0.5, 0.6) is 0 Å². The second-order valence-corrected chi connectivity index (χ2v) is 17.8. The summed E-state index contributed by atoms with van der Waals surface area (Å²) in [5.41, 5.74) is 27.5. The quantitative estimate of drug-likeness (QED) is 0.0416. The Morgan fingerprint density at radius 2 is 1.33 bits per heavy atom. The number of hydrogen-bond donors (Lipinski definition) is 12. The van der Waals surface area contributed by atoms with Crippen LogP contribution in [0.1, 0.15) is 72.1 Å². The minimum atomic E-state index is -1.27. The zero-order valence-electron chi connectivity index (χ0n) is 36.9. The fourth-order valence-corrected chi connectivity index (χ4v) is 8.35. The molecule has 0 aromatic heterocycles. The first-order chi connectivity index (χ1) is 30.2. The fraction of sp³-hybridized carbons (Fsp3) is 0.711. The molecule has 2 fully saturated rings. The average Bonchev–Trinajstić information content (AvgIpc) is 3.71. The van der Waals surface area contributed by atoms with Crippen LogP contribution in [-0.4, -0.2) is 162 Å². The smallest absolute Gasteiger partial charge is 0.245 e. The first-order valence-electron chi connectivity index (χ1n) is 21.1. The van der Waals surface area contributed by atoms with Crippen molar-refractivity contribution in [1.82, 2.24) is 42.1 Å². The summed E-state index contributed by atoms with van der Waals surface area (Å²) in [5.74, 6) is -6.74. The number of nitrogens with zero attached hydrogens (tertiary/aromatic N) is 3. The van der Waals surface area contributed by atoms with Gasteiger partial charge in [0, 0.05) is 38.1 Å². The minimum Gasteiger partial charge on any atom is -0.370 e. The van der Waals surface area contributed by atoms with Gasteiger partial charge in [-0.3, -0.25) is 53.1 Å². The summed E-state index contributed by atoms with van der Waals surface area (Å²) in [6.07, 6.45) is 3.26. The van der Waals surface area contributed by atoms with Crippen molar-refractivity contribution in [3.05, 3.63) is 0 Å². The van der Waals surface area contributed by atoms with Gasteiger partial charge < -0.3 is 70.8 Å². The van der Waals surface area contributed by atoms with Gasteiger partial charge in [-0.05, 0) is 69.3 Å². The van der Waals surface area contributed by atoms with Crippen LogP contribution in [0, 0.1) is 5.92 Å². The predicted octanol–water partition coefficient (Wildman–Crippen LogP) is -4.84. The lowest BCUT2D eigenvalue weighted by atomic mass is 10.0. The highest BCUT2D eigenvalue weighted by Gasteiger charge is 2.40. The van der Waals surface area contributed by atoms with Gasteiger partial charge in [0.1, 0.15) is 42.3 Å². The molecule has 17 N–H and O–H groups in total. The van der Waals surface area contributed by atoms with E-state index >= 15 is 0 Å². The molecule has 2 saturated heterocycles. The molecule has 2 aliphatic rings. The van der Waals surface area contributed by atoms with Crippen molar-refractivity contribution in [2.45, 2.75) is 114 Å². The molecule has 0 radical (unpaired) electrons. The molecular formula is C38H67N15O9S2. The SMILES string of the molecule is CSCC[C@@H]1NC(=O)C(NC(C)=O)CSCC(C(N)=O)NC(=O)CNC(=O)[C@H](CCCN=C(N)N)NC(=O)[C@H](CC(C)C)NC(=O)[C@H](CCCN=C(N)N)NC(=O)[C@@H]2CCCN2C1=O. The Bertz CT molecular complexity index is 1710. The number of carbonyl (C=O) groups excluding carboxylic acids is 9. The summed E-state index contributed by atoms with van der Waals surface area (Å²) in [6.45, 7) is 4.58. The lowest BCUT2D eigenvalue weighted by Crippen LogP contribution is -2.59. The Morgan fingerprint density at radius 1 is 0.766 bits per heavy atom. The van der Waals surface area contributed by atoms with E-state index in [4.69, 9.17) is 28.7 Å². The predicted molar refractivity (Wildman–Crippen MR) is 244 cm³/mol. The van der Waals surface area contributed by atoms with Crippen molar-refractivity contribution in [2.24, 2.45) is 44.6 Å². The third-order valence-corrected chi connectivity index (χ3v) is 11.7. The van der Waals surface area contributed by atoms with Crippen molar-refractivity contribution in [3.63, 3.8) is 0 Å². The molecule has 2 rings (SSSR count). The van der Waals surface area contributed by atoms with Crippen LogP contribution in [0.15, 0.2) is 9.98 Å². The Balaban J connectivity index is 2.63. The lowest BCUT2D eigenvalue weighted by molar-refractivity contribution is -0.142. The highest BCUT2D eigenvalue weighted by Crippen LogP contribution is 2.21. The van der Waals surface area contributed by atoms with Crippen LogP contribution in [0.3, 0.4) is 0 Å². The van der Waals surface area contributed by atoms with E-state index < -0.39 is 102 Å². The Morgan fingerprint density at radius 3 is 1.89 bits per heavy atom. The van der Waals surface area contributed by atoms with Gasteiger partial charge in [-0.25, -0.2) is 0 Å². The molecule has 9 amide bonds. The van der Waals surface area contributed by atoms with Crippen molar-refractivity contribution in [2.75, 3.05) is 49.7 Å². The minimum absolute atomic E-state index is 0.000131. The molecule has 0 bridgehead atoms. The number of rotatable bonds is 15. The molecule has 64 heavy (non-hydrogen) atoms. The normalized spacial score (nSPS) is 24.9. The number of nitrogens with one attached hydrogen (secondary N) is 7. The molecule has 2 heterocycles. The molecule has 360 valence electrons. The molecule has 7 atom stereocenters. The van der Waals surface area contributed by atoms with Crippen LogP contribution in [-0.2, 0) is 43.2 Å². The maximum absolute atomic E-state index is 14.2. The molecule has 0 aromatic carbocycles. The highest BCUT2D eigenvalue weighted by molar-refractivity contribution is 7.99. The van der Waals surface area contributed by atoms with Crippen LogP contribution in [0.2, 0.25) is 0 Å². The molecule has 24 nitrogen and oxygen atoms in total. The van der Waals surface area contributed by atoms with Gasteiger partial charge in [0.2, 0.25) is 53.2 Å². The monoisotopic (exact) mass is 941 g/mol. The average molecular weight is 942 g/mol. The molecule has 0 aromatic rings. The Labute approximate surface area is 381 Å². The van der Waals surface area contributed by atoms with E-state index in [-0.39, 0.29) is 93.9 Å². The molecule has 2 aliphatic heterocycles. The summed E-state index contributed by atoms with van der Waals surface area (Å²) < 4.78 is 0. The topological polar surface area (TPSA) is 396 Å². The maximum Gasteiger partial charge on any atom is 0.245 e. The van der Waals surface area contributed by atoms with E-state index in [1.54, 1.807) is 0 Å². The van der Waals surface area contributed by atoms with Crippen LogP contribution in [0.4, 0.5) is 0 Å². The van der Waals surface area contributed by atoms with Crippen molar-refractivity contribution in [3.8, 4) is 0 Å². The summed E-state index contributed by atoms with van der Waals surface area (Å²) in [4.78, 5) is 131. The van der Waals surface area contributed by atoms with E-state index in [9.17, 15) is 43.2 Å². The van der Waals surface area contributed by atoms with Crippen molar-refractivity contribution in [1.29, 1.82) is 0 Å². The number of nitrogens with two attached hydrogens (primary N) is 5. The van der Waals surface area contributed by atoms with Crippen molar-refractivity contribution >= 4 is 88.6 Å². The number of aliphatic imine (C=N–C) groups is 2. The van der Waals surface area contributed by atoms with E-state index in [0.29, 0.717) is 12.2 Å². The summed E-state index contributed by atoms with van der Waals surface area (Å²) in [6, 6.07) is -8.31. The molecular weight excluding hydrogens is 875 g/mol. The number of thioether (sulfide) groups is 2. The molecule has 0 spiro atoms. The standard InChI is InChI=1S/C38H67N15O9S2/c1-20(2)16-25-33(59)49-22(8-5-12-44-37(40)41)31(57)46-17-29(55)48-26(30(39)56)18-64-19-27(47-21(3)54)34(60)51-24(11-15-63-4)36(62)53-14-7-10-28(53)35(61)50-23(32(58)52-25)9-6-13-45-38(42)43/h20,22-28H,5-19H2,1-4H3,(H2,39,56)(H,46,57)(H,47,54)(H,48,55)(H,49,59)(H,50,61)(H,51,60)(H,52,58)(H4,40,41,44)(H4,42,43,45)/t22-,23-,24-,25-,26?,27?,28-/m0/s1. The highest BCUT2D eigenvalue weighted by atomic mass is 32.2. The Hall–Kier alpha value is -5.53. The lowest BCUT2D eigenvalue weighted by Gasteiger charge is -2.31. The van der Waals surface area contributed by atoms with Crippen LogP contribution < -0.4 is 65.9 Å². The largest absolute Gasteiger partial charge is 0.370 e. The molecule has 2 unspecified atom stereocenters. The number of guanidine groups is 2. The third kappa shape index (κ3) is 19.9. The zero-order valence-corrected chi connectivity index (χ0v) is 38.6. The zero-order chi connectivity index (χ0) is 47.9. The summed E-state index contributed by atoms with van der Waals surface area (Å²) in [7, 11) is 0. The summed E-state index contributed by atoms with van der Waals surface area (Å²) in [5, 5.41) is 18.3. The molecule has 0 saturated carbocycles. The first-order valence-corrected chi connectivity index (χ1v) is 23.6.